The first-order valence-corrected chi connectivity index (χ1v) is 5.59. The molecule has 18 heavy (non-hydrogen) atoms. The van der Waals surface area contributed by atoms with Gasteiger partial charge in [0, 0.05) is 6.04 Å². The highest BCUT2D eigenvalue weighted by Gasteiger charge is 2.21. The summed E-state index contributed by atoms with van der Waals surface area (Å²) in [5, 5.41) is 5.69. The summed E-state index contributed by atoms with van der Waals surface area (Å²) in [5.41, 5.74) is 5.59. The maximum atomic E-state index is 11.4. The molecule has 0 radical (unpaired) electrons. The van der Waals surface area contributed by atoms with E-state index >= 15 is 0 Å². The number of nitrogens with one attached hydrogen (secondary N) is 2. The van der Waals surface area contributed by atoms with Crippen molar-refractivity contribution >= 4 is 35.8 Å². The number of carbonyl (C=O) groups excluding carboxylic acids is 1. The van der Waals surface area contributed by atoms with Crippen molar-refractivity contribution in [3.63, 3.8) is 0 Å². The van der Waals surface area contributed by atoms with Crippen LogP contribution in [0.2, 0.25) is 0 Å². The molecule has 0 saturated heterocycles. The molecule has 2 rings (SSSR count). The van der Waals surface area contributed by atoms with Crippen molar-refractivity contribution < 1.29 is 9.21 Å². The smallest absolute Gasteiger partial charge is 0.242 e. The fourth-order valence-corrected chi connectivity index (χ4v) is 1.29. The summed E-state index contributed by atoms with van der Waals surface area (Å²) in [6.45, 7) is 0.406. The molecule has 100 valence electrons. The first-order chi connectivity index (χ1) is 8.24. The topological polar surface area (TPSA) is 92.6 Å². The minimum Gasteiger partial charge on any atom is -0.467 e. The molecule has 1 fully saturated rings. The van der Waals surface area contributed by atoms with Crippen molar-refractivity contribution in [3.8, 4) is 0 Å². The number of nitrogens with two attached hydrogens (primary N) is 1. The van der Waals surface area contributed by atoms with Gasteiger partial charge in [0.1, 0.15) is 12.3 Å². The molecule has 0 aliphatic heterocycles. The zero-order valence-electron chi connectivity index (χ0n) is 9.89. The van der Waals surface area contributed by atoms with Crippen LogP contribution < -0.4 is 16.4 Å². The Morgan fingerprint density at radius 3 is 2.94 bits per heavy atom. The number of nitrogens with zero attached hydrogens (tertiary/aromatic N) is 1. The van der Waals surface area contributed by atoms with Crippen LogP contribution in [0.5, 0.6) is 0 Å². The molecule has 1 aliphatic carbocycles. The Hall–Kier alpha value is -1.25. The van der Waals surface area contributed by atoms with E-state index in [0.717, 1.165) is 12.8 Å². The Morgan fingerprint density at radius 2 is 2.33 bits per heavy atom. The van der Waals surface area contributed by atoms with Gasteiger partial charge >= 0.3 is 0 Å². The standard InChI is InChI=1S/C11H16N4O2.HI/c12-11(15-8-3-4-8)14-7-10(16)13-6-9-2-1-5-17-9;/h1-2,5,8H,3-4,6-7H2,(H,13,16)(H3,12,14,15);1H. The van der Waals surface area contributed by atoms with Crippen LogP contribution in [-0.4, -0.2) is 24.5 Å². The summed E-state index contributed by atoms with van der Waals surface area (Å²) in [7, 11) is 0. The molecule has 1 aromatic heterocycles. The zero-order valence-corrected chi connectivity index (χ0v) is 12.2. The largest absolute Gasteiger partial charge is 0.467 e. The molecule has 1 aliphatic rings. The van der Waals surface area contributed by atoms with Crippen LogP contribution in [0.15, 0.2) is 27.8 Å². The molecule has 1 aromatic rings. The van der Waals surface area contributed by atoms with Crippen LogP contribution in [0.3, 0.4) is 0 Å². The van der Waals surface area contributed by atoms with Crippen molar-refractivity contribution in [2.75, 3.05) is 6.54 Å². The van der Waals surface area contributed by atoms with Crippen molar-refractivity contribution in [3.05, 3.63) is 24.2 Å². The average Bonchev–Trinajstić information content (AvgIpc) is 2.96. The SMILES string of the molecule is I.NC(=NCC(=O)NCc1ccco1)NC1CC1. The predicted molar refractivity (Wildman–Crippen MR) is 78.6 cm³/mol. The summed E-state index contributed by atoms with van der Waals surface area (Å²) in [6.07, 6.45) is 3.82. The lowest BCUT2D eigenvalue weighted by atomic mass is 10.4. The zero-order chi connectivity index (χ0) is 12.1. The van der Waals surface area contributed by atoms with Gasteiger partial charge in [-0.1, -0.05) is 0 Å². The fraction of sp³-hybridized carbons (Fsp3) is 0.455. The quantitative estimate of drug-likeness (QED) is 0.405. The molecule has 7 heteroatoms. The van der Waals surface area contributed by atoms with Gasteiger partial charge < -0.3 is 20.8 Å². The normalized spacial score (nSPS) is 14.8. The molecule has 4 N–H and O–H groups in total. The van der Waals surface area contributed by atoms with Gasteiger partial charge in [0.05, 0.1) is 12.8 Å². The van der Waals surface area contributed by atoms with Gasteiger partial charge in [-0.2, -0.15) is 0 Å². The number of carbonyl (C=O) groups is 1. The number of amides is 1. The van der Waals surface area contributed by atoms with Gasteiger partial charge in [-0.05, 0) is 25.0 Å². The number of halogens is 1. The van der Waals surface area contributed by atoms with Crippen LogP contribution >= 0.6 is 24.0 Å². The summed E-state index contributed by atoms with van der Waals surface area (Å²) in [6, 6.07) is 4.02. The number of guanidine groups is 1. The van der Waals surface area contributed by atoms with Crippen LogP contribution in [0, 0.1) is 0 Å². The van der Waals surface area contributed by atoms with Crippen LogP contribution in [-0.2, 0) is 11.3 Å². The van der Waals surface area contributed by atoms with Crippen LogP contribution in [0.4, 0.5) is 0 Å². The van der Waals surface area contributed by atoms with Crippen molar-refractivity contribution in [2.45, 2.75) is 25.4 Å². The van der Waals surface area contributed by atoms with Gasteiger partial charge in [-0.3, -0.25) is 4.79 Å². The Kier molecular flexibility index (Phi) is 5.96. The van der Waals surface area contributed by atoms with Gasteiger partial charge in [0.15, 0.2) is 5.96 Å². The van der Waals surface area contributed by atoms with Crippen molar-refractivity contribution in [1.82, 2.24) is 10.6 Å². The van der Waals surface area contributed by atoms with Crippen LogP contribution in [0.25, 0.3) is 0 Å². The van der Waals surface area contributed by atoms with E-state index in [-0.39, 0.29) is 36.4 Å². The molecular formula is C11H17IN4O2. The van der Waals surface area contributed by atoms with Crippen molar-refractivity contribution in [2.24, 2.45) is 10.7 Å². The maximum Gasteiger partial charge on any atom is 0.242 e. The molecule has 1 amide bonds. The van der Waals surface area contributed by atoms with E-state index in [1.807, 2.05) is 0 Å². The second kappa shape index (κ2) is 7.24. The first kappa shape index (κ1) is 14.8. The van der Waals surface area contributed by atoms with E-state index in [4.69, 9.17) is 10.2 Å². The van der Waals surface area contributed by atoms with E-state index in [9.17, 15) is 4.79 Å². The highest BCUT2D eigenvalue weighted by atomic mass is 127. The Balaban J connectivity index is 0.00000162. The number of hydrogen-bond acceptors (Lipinski definition) is 3. The second-order valence-corrected chi connectivity index (χ2v) is 3.98. The lowest BCUT2D eigenvalue weighted by Gasteiger charge is -2.03. The summed E-state index contributed by atoms with van der Waals surface area (Å²) in [4.78, 5) is 15.3. The Labute approximate surface area is 122 Å². The Bertz CT molecular complexity index is 401. The summed E-state index contributed by atoms with van der Waals surface area (Å²) < 4.78 is 5.08. The van der Waals surface area contributed by atoms with Crippen molar-refractivity contribution in [1.29, 1.82) is 0 Å². The van der Waals surface area contributed by atoms with Gasteiger partial charge in [0.25, 0.3) is 0 Å². The van der Waals surface area contributed by atoms with Gasteiger partial charge in [0.2, 0.25) is 5.91 Å². The number of hydrogen-bond donors (Lipinski definition) is 3. The minimum atomic E-state index is -0.179. The lowest BCUT2D eigenvalue weighted by molar-refractivity contribution is -0.119. The lowest BCUT2D eigenvalue weighted by Crippen LogP contribution is -2.35. The number of aliphatic imine (C=N–C) groups is 1. The minimum absolute atomic E-state index is 0. The van der Waals surface area contributed by atoms with E-state index in [2.05, 4.69) is 15.6 Å². The molecule has 6 nitrogen and oxygen atoms in total. The Morgan fingerprint density at radius 1 is 1.56 bits per heavy atom. The van der Waals surface area contributed by atoms with E-state index in [0.29, 0.717) is 24.3 Å². The third kappa shape index (κ3) is 5.39. The molecule has 1 saturated carbocycles. The molecule has 0 unspecified atom stereocenters. The first-order valence-electron chi connectivity index (χ1n) is 5.59. The average molecular weight is 364 g/mol. The third-order valence-corrected chi connectivity index (χ3v) is 2.36. The predicted octanol–water partition coefficient (Wildman–Crippen LogP) is 0.580. The number of furan rings is 1. The molecule has 0 bridgehead atoms. The summed E-state index contributed by atoms with van der Waals surface area (Å²) in [5.74, 6) is 0.869. The van der Waals surface area contributed by atoms with E-state index in [1.165, 1.54) is 0 Å². The second-order valence-electron chi connectivity index (χ2n) is 3.98. The van der Waals surface area contributed by atoms with Gasteiger partial charge in [-0.25, -0.2) is 4.99 Å². The molecule has 0 atom stereocenters. The molecule has 1 heterocycles. The van der Waals surface area contributed by atoms with E-state index < -0.39 is 0 Å². The third-order valence-electron chi connectivity index (χ3n) is 2.36. The van der Waals surface area contributed by atoms with Crippen LogP contribution in [0.1, 0.15) is 18.6 Å². The summed E-state index contributed by atoms with van der Waals surface area (Å²) >= 11 is 0. The van der Waals surface area contributed by atoms with Gasteiger partial charge in [-0.15, -0.1) is 24.0 Å². The molecule has 0 spiro atoms. The highest BCUT2D eigenvalue weighted by molar-refractivity contribution is 14.0. The maximum absolute atomic E-state index is 11.4. The molecule has 0 aromatic carbocycles. The molecular weight excluding hydrogens is 347 g/mol. The monoisotopic (exact) mass is 364 g/mol. The highest BCUT2D eigenvalue weighted by Crippen LogP contribution is 2.17. The van der Waals surface area contributed by atoms with E-state index in [1.54, 1.807) is 18.4 Å². The fourth-order valence-electron chi connectivity index (χ4n) is 1.29. The number of rotatable bonds is 5.